The molecule has 5 nitrogen and oxygen atoms in total. The topological polar surface area (TPSA) is 75.3 Å². The summed E-state index contributed by atoms with van der Waals surface area (Å²) in [4.78, 5) is 12.1. The molecule has 23 heavy (non-hydrogen) atoms. The molecular weight excluding hydrogens is 312 g/mol. The van der Waals surface area contributed by atoms with Crippen LogP contribution in [0.25, 0.3) is 0 Å². The molecule has 2 rings (SSSR count). The number of carbonyl (C=O) groups is 1. The Morgan fingerprint density at radius 2 is 2.13 bits per heavy atom. The lowest BCUT2D eigenvalue weighted by Gasteiger charge is -2.12. The third kappa shape index (κ3) is 5.48. The van der Waals surface area contributed by atoms with E-state index in [-0.39, 0.29) is 16.8 Å². The predicted molar refractivity (Wildman–Crippen MR) is 90.2 cm³/mol. The van der Waals surface area contributed by atoms with E-state index in [0.29, 0.717) is 18.9 Å². The van der Waals surface area contributed by atoms with Crippen molar-refractivity contribution < 1.29 is 13.2 Å². The van der Waals surface area contributed by atoms with Gasteiger partial charge in [0.1, 0.15) is 0 Å². The lowest BCUT2D eigenvalue weighted by molar-refractivity contribution is -0.121. The molecule has 0 bridgehead atoms. The maximum absolute atomic E-state index is 12.2. The van der Waals surface area contributed by atoms with E-state index in [2.05, 4.69) is 22.2 Å². The van der Waals surface area contributed by atoms with Gasteiger partial charge in [-0.25, -0.2) is 13.1 Å². The summed E-state index contributed by atoms with van der Waals surface area (Å²) in [5, 5.41) is 2.86. The number of hydrogen-bond acceptors (Lipinski definition) is 3. The average Bonchev–Trinajstić information content (AvgIpc) is 2.97. The molecule has 6 heteroatoms. The van der Waals surface area contributed by atoms with Crippen LogP contribution in [0.4, 0.5) is 0 Å². The van der Waals surface area contributed by atoms with E-state index in [1.807, 2.05) is 6.07 Å². The van der Waals surface area contributed by atoms with E-state index in [1.54, 1.807) is 32.0 Å². The normalized spacial score (nSPS) is 17.6. The molecule has 0 radical (unpaired) electrons. The second-order valence-electron chi connectivity index (χ2n) is 6.17. The van der Waals surface area contributed by atoms with Crippen molar-refractivity contribution in [2.24, 2.45) is 5.92 Å². The van der Waals surface area contributed by atoms with Crippen molar-refractivity contribution >= 4 is 15.9 Å². The number of amides is 1. The van der Waals surface area contributed by atoms with Gasteiger partial charge in [-0.1, -0.05) is 24.3 Å². The van der Waals surface area contributed by atoms with Gasteiger partial charge in [0, 0.05) is 19.0 Å². The number of benzene rings is 1. The van der Waals surface area contributed by atoms with Crippen LogP contribution in [-0.4, -0.2) is 20.4 Å². The molecule has 1 aliphatic rings. The lowest BCUT2D eigenvalue weighted by Crippen LogP contribution is -2.30. The Hall–Kier alpha value is -1.66. The predicted octanol–water partition coefficient (Wildman–Crippen LogP) is 2.35. The van der Waals surface area contributed by atoms with Crippen LogP contribution in [0.3, 0.4) is 0 Å². The van der Waals surface area contributed by atoms with Gasteiger partial charge in [-0.05, 0) is 50.3 Å². The van der Waals surface area contributed by atoms with Crippen LogP contribution in [0.5, 0.6) is 0 Å². The molecule has 1 aliphatic carbocycles. The standard InChI is InChI=1S/C17H24N2O3S/c1-13(2)19-23(21,22)16-9-5-8-15(10-16)12-18-17(20)11-14-6-3-4-7-14/h3,5-6,8-10,13-14,19H,4,7,11-12H2,1-2H3,(H,18,20)/t14-/m0/s1. The zero-order valence-corrected chi connectivity index (χ0v) is 14.4. The third-order valence-corrected chi connectivity index (χ3v) is 5.31. The van der Waals surface area contributed by atoms with Gasteiger partial charge in [0.2, 0.25) is 15.9 Å². The SMILES string of the molecule is CC(C)NS(=O)(=O)c1cccc(CNC(=O)C[C@H]2C=CCC2)c1. The Morgan fingerprint density at radius 3 is 2.78 bits per heavy atom. The summed E-state index contributed by atoms with van der Waals surface area (Å²) in [5.74, 6) is 0.326. The van der Waals surface area contributed by atoms with E-state index in [0.717, 1.165) is 18.4 Å². The highest BCUT2D eigenvalue weighted by molar-refractivity contribution is 7.89. The molecule has 0 saturated carbocycles. The summed E-state index contributed by atoms with van der Waals surface area (Å²) < 4.78 is 26.9. The first-order chi connectivity index (χ1) is 10.9. The minimum atomic E-state index is -3.51. The molecule has 0 aromatic heterocycles. The number of nitrogens with one attached hydrogen (secondary N) is 2. The van der Waals surface area contributed by atoms with Gasteiger partial charge in [-0.2, -0.15) is 0 Å². The minimum Gasteiger partial charge on any atom is -0.352 e. The van der Waals surface area contributed by atoms with Crippen molar-refractivity contribution in [3.63, 3.8) is 0 Å². The lowest BCUT2D eigenvalue weighted by atomic mass is 10.1. The molecule has 126 valence electrons. The van der Waals surface area contributed by atoms with Crippen molar-refractivity contribution in [1.29, 1.82) is 0 Å². The molecule has 0 saturated heterocycles. The monoisotopic (exact) mass is 336 g/mol. The Balaban J connectivity index is 1.94. The first kappa shape index (κ1) is 17.7. The molecule has 0 unspecified atom stereocenters. The summed E-state index contributed by atoms with van der Waals surface area (Å²) in [7, 11) is -3.51. The van der Waals surface area contributed by atoms with Crippen LogP contribution in [-0.2, 0) is 21.4 Å². The largest absolute Gasteiger partial charge is 0.352 e. The highest BCUT2D eigenvalue weighted by Crippen LogP contribution is 2.20. The summed E-state index contributed by atoms with van der Waals surface area (Å²) in [6.45, 7) is 3.89. The first-order valence-electron chi connectivity index (χ1n) is 7.91. The van der Waals surface area contributed by atoms with Crippen molar-refractivity contribution in [2.75, 3.05) is 0 Å². The Morgan fingerprint density at radius 1 is 1.35 bits per heavy atom. The fraction of sp³-hybridized carbons (Fsp3) is 0.471. The fourth-order valence-corrected chi connectivity index (χ4v) is 3.90. The molecular formula is C17H24N2O3S. The van der Waals surface area contributed by atoms with Crippen molar-refractivity contribution in [1.82, 2.24) is 10.0 Å². The average molecular weight is 336 g/mol. The molecule has 1 aromatic rings. The maximum Gasteiger partial charge on any atom is 0.240 e. The number of hydrogen-bond donors (Lipinski definition) is 2. The van der Waals surface area contributed by atoms with Crippen molar-refractivity contribution in [2.45, 2.75) is 50.6 Å². The van der Waals surface area contributed by atoms with Gasteiger partial charge < -0.3 is 5.32 Å². The van der Waals surface area contributed by atoms with Gasteiger partial charge in [0.25, 0.3) is 0 Å². The molecule has 0 fully saturated rings. The minimum absolute atomic E-state index is 0.00452. The van der Waals surface area contributed by atoms with Crippen LogP contribution < -0.4 is 10.0 Å². The van der Waals surface area contributed by atoms with Gasteiger partial charge in [-0.3, -0.25) is 4.79 Å². The molecule has 1 aromatic carbocycles. The smallest absolute Gasteiger partial charge is 0.240 e. The third-order valence-electron chi connectivity index (χ3n) is 3.65. The Kier molecular flexibility index (Phi) is 5.96. The van der Waals surface area contributed by atoms with Crippen molar-refractivity contribution in [3.8, 4) is 0 Å². The van der Waals surface area contributed by atoms with Gasteiger partial charge in [0.15, 0.2) is 0 Å². The molecule has 1 atom stereocenters. The number of carbonyl (C=O) groups excluding carboxylic acids is 1. The van der Waals surface area contributed by atoms with Crippen LogP contribution in [0.1, 0.15) is 38.7 Å². The summed E-state index contributed by atoms with van der Waals surface area (Å²) in [6.07, 6.45) is 6.75. The van der Waals surface area contributed by atoms with Crippen LogP contribution >= 0.6 is 0 Å². The maximum atomic E-state index is 12.2. The highest BCUT2D eigenvalue weighted by Gasteiger charge is 2.16. The highest BCUT2D eigenvalue weighted by atomic mass is 32.2. The summed E-state index contributed by atoms with van der Waals surface area (Å²) >= 11 is 0. The van der Waals surface area contributed by atoms with E-state index in [4.69, 9.17) is 0 Å². The van der Waals surface area contributed by atoms with Crippen LogP contribution in [0.15, 0.2) is 41.3 Å². The zero-order valence-electron chi connectivity index (χ0n) is 13.6. The molecule has 2 N–H and O–H groups in total. The van der Waals surface area contributed by atoms with E-state index in [1.165, 1.54) is 0 Å². The van der Waals surface area contributed by atoms with E-state index in [9.17, 15) is 13.2 Å². The van der Waals surface area contributed by atoms with Gasteiger partial charge in [-0.15, -0.1) is 0 Å². The summed E-state index contributed by atoms with van der Waals surface area (Å²) in [6, 6.07) is 6.49. The number of allylic oxidation sites excluding steroid dienone is 2. The number of rotatable bonds is 7. The fourth-order valence-electron chi connectivity index (χ4n) is 2.58. The Labute approximate surface area is 138 Å². The summed E-state index contributed by atoms with van der Waals surface area (Å²) in [5.41, 5.74) is 0.770. The second kappa shape index (κ2) is 7.75. The molecule has 0 spiro atoms. The first-order valence-corrected chi connectivity index (χ1v) is 9.40. The van der Waals surface area contributed by atoms with Crippen LogP contribution in [0.2, 0.25) is 0 Å². The molecule has 0 aliphatic heterocycles. The Bertz CT molecular complexity index is 681. The van der Waals surface area contributed by atoms with Gasteiger partial charge in [0.05, 0.1) is 4.90 Å². The van der Waals surface area contributed by atoms with E-state index >= 15 is 0 Å². The molecule has 0 heterocycles. The van der Waals surface area contributed by atoms with Gasteiger partial charge >= 0.3 is 0 Å². The van der Waals surface area contributed by atoms with Crippen LogP contribution in [0, 0.1) is 5.92 Å². The molecule has 1 amide bonds. The number of sulfonamides is 1. The second-order valence-corrected chi connectivity index (χ2v) is 7.88. The quantitative estimate of drug-likeness (QED) is 0.751. The van der Waals surface area contributed by atoms with E-state index < -0.39 is 10.0 Å². The zero-order chi connectivity index (χ0) is 16.9. The van der Waals surface area contributed by atoms with Crippen molar-refractivity contribution in [3.05, 3.63) is 42.0 Å².